The molecule has 2 rings (SSSR count). The maximum atomic E-state index is 12.4. The minimum absolute atomic E-state index is 0.123. The van der Waals surface area contributed by atoms with Gasteiger partial charge in [-0.2, -0.15) is 13.2 Å². The van der Waals surface area contributed by atoms with Crippen LogP contribution in [0.5, 0.6) is 0 Å². The van der Waals surface area contributed by atoms with E-state index in [1.54, 1.807) is 24.3 Å². The third kappa shape index (κ3) is 6.15. The molecule has 1 amide bonds. The highest BCUT2D eigenvalue weighted by molar-refractivity contribution is 5.91. The summed E-state index contributed by atoms with van der Waals surface area (Å²) in [7, 11) is 0. The zero-order chi connectivity index (χ0) is 17.6. The van der Waals surface area contributed by atoms with Crippen LogP contribution in [0, 0.1) is 11.8 Å². The lowest BCUT2D eigenvalue weighted by Gasteiger charge is -2.28. The molecule has 1 aliphatic heterocycles. The number of rotatable bonds is 6. The van der Waals surface area contributed by atoms with E-state index in [0.29, 0.717) is 23.6 Å². The molecule has 1 aromatic rings. The summed E-state index contributed by atoms with van der Waals surface area (Å²) in [6.45, 7) is 4.02. The van der Waals surface area contributed by atoms with Gasteiger partial charge in [0.25, 0.3) is 0 Å². The van der Waals surface area contributed by atoms with Crippen LogP contribution in [-0.2, 0) is 11.2 Å². The maximum absolute atomic E-state index is 12.4. The van der Waals surface area contributed by atoms with Gasteiger partial charge in [0.05, 0.1) is 0 Å². The highest BCUT2D eigenvalue weighted by atomic mass is 19.4. The molecule has 2 unspecified atom stereocenters. The second-order valence-corrected chi connectivity index (χ2v) is 6.61. The van der Waals surface area contributed by atoms with Crippen LogP contribution in [0.3, 0.4) is 0 Å². The van der Waals surface area contributed by atoms with Gasteiger partial charge < -0.3 is 10.6 Å². The van der Waals surface area contributed by atoms with Crippen molar-refractivity contribution in [2.24, 2.45) is 11.8 Å². The fourth-order valence-electron chi connectivity index (χ4n) is 3.16. The van der Waals surface area contributed by atoms with Gasteiger partial charge in [-0.05, 0) is 55.8 Å². The first kappa shape index (κ1) is 18.8. The van der Waals surface area contributed by atoms with Crippen LogP contribution in [0.15, 0.2) is 24.3 Å². The molecule has 0 radical (unpaired) electrons. The van der Waals surface area contributed by atoms with Crippen molar-refractivity contribution in [3.05, 3.63) is 29.8 Å². The summed E-state index contributed by atoms with van der Waals surface area (Å²) in [5.41, 5.74) is 1.01. The van der Waals surface area contributed by atoms with Crippen molar-refractivity contribution >= 4 is 11.6 Å². The van der Waals surface area contributed by atoms with Crippen LogP contribution < -0.4 is 10.6 Å². The minimum atomic E-state index is -4.19. The first-order valence-electron chi connectivity index (χ1n) is 8.50. The molecule has 2 atom stereocenters. The van der Waals surface area contributed by atoms with Crippen LogP contribution in [0.25, 0.3) is 0 Å². The molecule has 1 fully saturated rings. The first-order valence-corrected chi connectivity index (χ1v) is 8.50. The van der Waals surface area contributed by atoms with E-state index < -0.39 is 12.6 Å². The molecule has 1 aromatic carbocycles. The first-order chi connectivity index (χ1) is 11.3. The Morgan fingerprint density at radius 3 is 2.79 bits per heavy atom. The molecule has 0 spiro atoms. The Balaban J connectivity index is 1.91. The third-order valence-corrected chi connectivity index (χ3v) is 4.62. The highest BCUT2D eigenvalue weighted by Gasteiger charge is 2.27. The molecule has 1 aliphatic rings. The van der Waals surface area contributed by atoms with Crippen LogP contribution in [0.1, 0.15) is 38.2 Å². The second-order valence-electron chi connectivity index (χ2n) is 6.61. The zero-order valence-corrected chi connectivity index (χ0v) is 14.0. The number of para-hydroxylation sites is 1. The average molecular weight is 342 g/mol. The van der Waals surface area contributed by atoms with Crippen molar-refractivity contribution in [3.8, 4) is 0 Å². The monoisotopic (exact) mass is 342 g/mol. The van der Waals surface area contributed by atoms with Crippen molar-refractivity contribution in [1.29, 1.82) is 0 Å². The predicted molar refractivity (Wildman–Crippen MR) is 88.8 cm³/mol. The van der Waals surface area contributed by atoms with Gasteiger partial charge in [-0.1, -0.05) is 25.1 Å². The fraction of sp³-hybridized carbons (Fsp3) is 0.611. The lowest BCUT2D eigenvalue weighted by Crippen LogP contribution is -2.34. The van der Waals surface area contributed by atoms with E-state index >= 15 is 0 Å². The van der Waals surface area contributed by atoms with E-state index in [9.17, 15) is 18.0 Å². The molecule has 0 aromatic heterocycles. The zero-order valence-electron chi connectivity index (χ0n) is 14.0. The van der Waals surface area contributed by atoms with Crippen LogP contribution in [-0.4, -0.2) is 25.2 Å². The van der Waals surface area contributed by atoms with Gasteiger partial charge in [0.2, 0.25) is 5.91 Å². The van der Waals surface area contributed by atoms with Crippen molar-refractivity contribution in [1.82, 2.24) is 5.32 Å². The average Bonchev–Trinajstić information content (AvgIpc) is 2.54. The highest BCUT2D eigenvalue weighted by Crippen LogP contribution is 2.26. The summed E-state index contributed by atoms with van der Waals surface area (Å²) in [6.07, 6.45) is -2.58. The topological polar surface area (TPSA) is 41.1 Å². The van der Waals surface area contributed by atoms with Crippen LogP contribution >= 0.6 is 0 Å². The molecule has 0 aliphatic carbocycles. The Labute approximate surface area is 141 Å². The molecule has 2 N–H and O–H groups in total. The summed E-state index contributed by atoms with van der Waals surface area (Å²) in [4.78, 5) is 12.3. The number of carbonyl (C=O) groups excluding carboxylic acids is 1. The number of aryl methyl sites for hydroxylation is 1. The van der Waals surface area contributed by atoms with Crippen molar-refractivity contribution in [2.75, 3.05) is 18.4 Å². The number of halogens is 3. The molecular formula is C18H25F3N2O. The predicted octanol–water partition coefficient (Wildman–Crippen LogP) is 4.15. The molecule has 0 bridgehead atoms. The van der Waals surface area contributed by atoms with E-state index in [-0.39, 0.29) is 18.2 Å². The molecule has 1 heterocycles. The number of hydrogen-bond donors (Lipinski definition) is 2. The van der Waals surface area contributed by atoms with Crippen molar-refractivity contribution in [2.45, 2.75) is 45.2 Å². The van der Waals surface area contributed by atoms with E-state index in [1.165, 1.54) is 0 Å². The molecule has 134 valence electrons. The molecule has 3 nitrogen and oxygen atoms in total. The number of anilines is 1. The standard InChI is InChI=1S/C18H25F3N2O/c1-13(15-6-4-10-22-12-15)11-17(24)23-16-7-3-2-5-14(16)8-9-18(19,20)21/h2-3,5,7,13,15,22H,4,6,8-12H2,1H3,(H,23,24). The Kier molecular flexibility index (Phi) is 6.66. The third-order valence-electron chi connectivity index (χ3n) is 4.62. The van der Waals surface area contributed by atoms with E-state index in [2.05, 4.69) is 17.6 Å². The lowest BCUT2D eigenvalue weighted by molar-refractivity contribution is -0.133. The quantitative estimate of drug-likeness (QED) is 0.815. The van der Waals surface area contributed by atoms with Gasteiger partial charge in [-0.25, -0.2) is 0 Å². The van der Waals surface area contributed by atoms with Gasteiger partial charge in [-0.15, -0.1) is 0 Å². The Hall–Kier alpha value is -1.56. The Morgan fingerprint density at radius 1 is 1.38 bits per heavy atom. The van der Waals surface area contributed by atoms with E-state index in [4.69, 9.17) is 0 Å². The van der Waals surface area contributed by atoms with Crippen LogP contribution in [0.2, 0.25) is 0 Å². The van der Waals surface area contributed by atoms with Gasteiger partial charge in [-0.3, -0.25) is 4.79 Å². The van der Waals surface area contributed by atoms with E-state index in [1.807, 2.05) is 0 Å². The number of piperidine rings is 1. The molecule has 0 saturated carbocycles. The van der Waals surface area contributed by atoms with Gasteiger partial charge in [0.15, 0.2) is 0 Å². The lowest BCUT2D eigenvalue weighted by atomic mass is 9.85. The number of alkyl halides is 3. The summed E-state index contributed by atoms with van der Waals surface area (Å²) in [5.74, 6) is 0.595. The minimum Gasteiger partial charge on any atom is -0.326 e. The van der Waals surface area contributed by atoms with Crippen molar-refractivity contribution in [3.63, 3.8) is 0 Å². The summed E-state index contributed by atoms with van der Waals surface area (Å²) in [6, 6.07) is 6.71. The Morgan fingerprint density at radius 2 is 2.12 bits per heavy atom. The number of benzene rings is 1. The van der Waals surface area contributed by atoms with E-state index in [0.717, 1.165) is 25.9 Å². The summed E-state index contributed by atoms with van der Waals surface area (Å²) >= 11 is 0. The number of hydrogen-bond acceptors (Lipinski definition) is 2. The summed E-state index contributed by atoms with van der Waals surface area (Å²) in [5, 5.41) is 6.13. The normalized spacial score (nSPS) is 19.8. The molecular weight excluding hydrogens is 317 g/mol. The smallest absolute Gasteiger partial charge is 0.326 e. The molecule has 24 heavy (non-hydrogen) atoms. The second kappa shape index (κ2) is 8.51. The van der Waals surface area contributed by atoms with Gasteiger partial charge in [0.1, 0.15) is 0 Å². The molecule has 6 heteroatoms. The fourth-order valence-corrected chi connectivity index (χ4v) is 3.16. The van der Waals surface area contributed by atoms with Crippen molar-refractivity contribution < 1.29 is 18.0 Å². The maximum Gasteiger partial charge on any atom is 0.389 e. The Bertz CT molecular complexity index is 539. The number of carbonyl (C=O) groups is 1. The number of nitrogens with one attached hydrogen (secondary N) is 2. The van der Waals surface area contributed by atoms with Gasteiger partial charge >= 0.3 is 6.18 Å². The van der Waals surface area contributed by atoms with Crippen LogP contribution in [0.4, 0.5) is 18.9 Å². The van der Waals surface area contributed by atoms with Gasteiger partial charge in [0, 0.05) is 18.5 Å². The summed E-state index contributed by atoms with van der Waals surface area (Å²) < 4.78 is 37.3. The largest absolute Gasteiger partial charge is 0.389 e. The number of amides is 1. The molecule has 1 saturated heterocycles. The SMILES string of the molecule is CC(CC(=O)Nc1ccccc1CCC(F)(F)F)C1CCCNC1.